The van der Waals surface area contributed by atoms with Crippen molar-refractivity contribution in [3.63, 3.8) is 0 Å². The van der Waals surface area contributed by atoms with Crippen molar-refractivity contribution in [1.82, 2.24) is 0 Å². The molecule has 0 saturated heterocycles. The van der Waals surface area contributed by atoms with Crippen LogP contribution < -0.4 is 10.6 Å². The Balaban J connectivity index is 1.17. The molecule has 0 radical (unpaired) electrons. The van der Waals surface area contributed by atoms with Crippen molar-refractivity contribution >= 4 is 23.2 Å². The minimum absolute atomic E-state index is 0.177. The van der Waals surface area contributed by atoms with Gasteiger partial charge in [0.15, 0.2) is 0 Å². The Labute approximate surface area is 155 Å². The summed E-state index contributed by atoms with van der Waals surface area (Å²) in [7, 11) is 0. The molecule has 4 aliphatic carbocycles. The van der Waals surface area contributed by atoms with E-state index in [1.165, 1.54) is 38.5 Å². The number of carbonyl (C=O) groups is 2. The lowest BCUT2D eigenvalue weighted by atomic mass is 9.88. The SMILES string of the molecule is O=C(Nc1ccc(NC(=O)[C@@H]2C[C@H]3CC[C@@H]2C3)cc1)[C@@H]1C[C@@H]2CC[C@@H]1C2. The third-order valence-electron chi connectivity index (χ3n) is 7.57. The standard InChI is InChI=1S/C22H28N2O2/c25-21(19-11-13-1-3-15(19)9-13)23-17-5-7-18(8-6-17)24-22(26)20-12-14-2-4-16(20)10-14/h5-8,13-16,19-20H,1-4,9-12H2,(H,23,25)(H,24,26)/t13-,14+,15-,16-,19-,20-/m1/s1. The second-order valence-electron chi connectivity index (χ2n) is 9.12. The number of amides is 2. The fourth-order valence-corrected chi connectivity index (χ4v) is 6.24. The molecule has 2 amide bonds. The van der Waals surface area contributed by atoms with Crippen LogP contribution in [0, 0.1) is 35.5 Å². The number of rotatable bonds is 4. The maximum absolute atomic E-state index is 12.5. The van der Waals surface area contributed by atoms with Gasteiger partial charge in [-0.1, -0.05) is 12.8 Å². The van der Waals surface area contributed by atoms with Gasteiger partial charge in [0.25, 0.3) is 0 Å². The zero-order valence-electron chi connectivity index (χ0n) is 15.2. The summed E-state index contributed by atoms with van der Waals surface area (Å²) in [4.78, 5) is 25.1. The molecule has 0 aliphatic heterocycles. The zero-order chi connectivity index (χ0) is 17.7. The summed E-state index contributed by atoms with van der Waals surface area (Å²) in [6.45, 7) is 0. The predicted molar refractivity (Wildman–Crippen MR) is 102 cm³/mol. The van der Waals surface area contributed by atoms with Crippen LogP contribution in [0.4, 0.5) is 11.4 Å². The Kier molecular flexibility index (Phi) is 4.02. The number of hydrogen-bond donors (Lipinski definition) is 2. The molecule has 5 rings (SSSR count). The van der Waals surface area contributed by atoms with Gasteiger partial charge in [-0.15, -0.1) is 0 Å². The van der Waals surface area contributed by atoms with Crippen molar-refractivity contribution < 1.29 is 9.59 Å². The lowest BCUT2D eigenvalue weighted by Crippen LogP contribution is -2.27. The fourth-order valence-electron chi connectivity index (χ4n) is 6.24. The van der Waals surface area contributed by atoms with E-state index in [-0.39, 0.29) is 23.7 Å². The molecule has 4 bridgehead atoms. The first-order chi connectivity index (χ1) is 12.7. The van der Waals surface area contributed by atoms with E-state index in [4.69, 9.17) is 0 Å². The largest absolute Gasteiger partial charge is 0.326 e. The molecule has 4 heteroatoms. The maximum atomic E-state index is 12.5. The Morgan fingerprint density at radius 3 is 1.38 bits per heavy atom. The third-order valence-corrected chi connectivity index (χ3v) is 7.57. The second kappa shape index (κ2) is 6.40. The summed E-state index contributed by atoms with van der Waals surface area (Å²) in [5.74, 6) is 3.50. The molecule has 2 N–H and O–H groups in total. The van der Waals surface area contributed by atoms with Crippen LogP contribution in [0.15, 0.2) is 24.3 Å². The number of fused-ring (bicyclic) bond motifs is 4. The Hall–Kier alpha value is -1.84. The van der Waals surface area contributed by atoms with Gasteiger partial charge in [-0.25, -0.2) is 0 Å². The predicted octanol–water partition coefficient (Wildman–Crippen LogP) is 4.44. The highest BCUT2D eigenvalue weighted by atomic mass is 16.2. The first-order valence-corrected chi connectivity index (χ1v) is 10.4. The van der Waals surface area contributed by atoms with Crippen LogP contribution >= 0.6 is 0 Å². The molecule has 0 heterocycles. The maximum Gasteiger partial charge on any atom is 0.227 e. The fraction of sp³-hybridized carbons (Fsp3) is 0.636. The lowest BCUT2D eigenvalue weighted by molar-refractivity contribution is -0.122. The topological polar surface area (TPSA) is 58.2 Å². The molecule has 0 aromatic heterocycles. The van der Waals surface area contributed by atoms with Crippen molar-refractivity contribution in [2.45, 2.75) is 51.4 Å². The van der Waals surface area contributed by atoms with Gasteiger partial charge >= 0.3 is 0 Å². The first kappa shape index (κ1) is 16.3. The molecule has 0 spiro atoms. The van der Waals surface area contributed by atoms with E-state index >= 15 is 0 Å². The summed E-state index contributed by atoms with van der Waals surface area (Å²) in [6.07, 6.45) is 9.67. The highest BCUT2D eigenvalue weighted by Gasteiger charge is 2.44. The number of anilines is 2. The van der Waals surface area contributed by atoms with Gasteiger partial charge in [-0.2, -0.15) is 0 Å². The van der Waals surface area contributed by atoms with E-state index in [9.17, 15) is 9.59 Å². The summed E-state index contributed by atoms with van der Waals surface area (Å²) in [5, 5.41) is 6.15. The minimum Gasteiger partial charge on any atom is -0.326 e. The Bertz CT molecular complexity index is 652. The summed E-state index contributed by atoms with van der Waals surface area (Å²) >= 11 is 0. The molecule has 6 atom stereocenters. The normalized spacial score (nSPS) is 37.1. The van der Waals surface area contributed by atoms with Gasteiger partial charge in [0.1, 0.15) is 0 Å². The molecule has 1 aromatic rings. The van der Waals surface area contributed by atoms with Crippen LogP contribution in [-0.4, -0.2) is 11.8 Å². The lowest BCUT2D eigenvalue weighted by Gasteiger charge is -2.21. The highest BCUT2D eigenvalue weighted by molar-refractivity contribution is 5.95. The number of benzene rings is 1. The third kappa shape index (κ3) is 2.93. The number of carbonyl (C=O) groups excluding carboxylic acids is 2. The van der Waals surface area contributed by atoms with Crippen LogP contribution in [0.3, 0.4) is 0 Å². The molecule has 138 valence electrons. The van der Waals surface area contributed by atoms with E-state index in [1.54, 1.807) is 0 Å². The summed E-state index contributed by atoms with van der Waals surface area (Å²) in [6, 6.07) is 7.62. The number of nitrogens with one attached hydrogen (secondary N) is 2. The molecule has 26 heavy (non-hydrogen) atoms. The van der Waals surface area contributed by atoms with Gasteiger partial charge in [0.05, 0.1) is 0 Å². The second-order valence-corrected chi connectivity index (χ2v) is 9.12. The van der Waals surface area contributed by atoms with Gasteiger partial charge in [-0.3, -0.25) is 9.59 Å². The van der Waals surface area contributed by atoms with Crippen molar-refractivity contribution in [2.24, 2.45) is 35.5 Å². The van der Waals surface area contributed by atoms with E-state index in [0.717, 1.165) is 36.1 Å². The number of hydrogen-bond acceptors (Lipinski definition) is 2. The van der Waals surface area contributed by atoms with E-state index in [0.29, 0.717) is 11.8 Å². The molecule has 4 fully saturated rings. The van der Waals surface area contributed by atoms with Gasteiger partial charge in [0.2, 0.25) is 11.8 Å². The van der Waals surface area contributed by atoms with E-state index in [2.05, 4.69) is 10.6 Å². The Morgan fingerprint density at radius 1 is 0.654 bits per heavy atom. The smallest absolute Gasteiger partial charge is 0.227 e. The van der Waals surface area contributed by atoms with Crippen molar-refractivity contribution in [3.8, 4) is 0 Å². The van der Waals surface area contributed by atoms with Gasteiger partial charge in [0, 0.05) is 23.2 Å². The molecule has 4 aliphatic rings. The van der Waals surface area contributed by atoms with Crippen LogP contribution in [0.1, 0.15) is 51.4 Å². The molecule has 4 nitrogen and oxygen atoms in total. The Morgan fingerprint density at radius 2 is 1.08 bits per heavy atom. The average Bonchev–Trinajstić information content (AvgIpc) is 3.43. The van der Waals surface area contributed by atoms with Gasteiger partial charge < -0.3 is 10.6 Å². The summed E-state index contributed by atoms with van der Waals surface area (Å²) in [5.41, 5.74) is 1.66. The average molecular weight is 352 g/mol. The van der Waals surface area contributed by atoms with Crippen molar-refractivity contribution in [3.05, 3.63) is 24.3 Å². The monoisotopic (exact) mass is 352 g/mol. The molecular formula is C22H28N2O2. The van der Waals surface area contributed by atoms with Gasteiger partial charge in [-0.05, 0) is 86.5 Å². The molecular weight excluding hydrogens is 324 g/mol. The quantitative estimate of drug-likeness (QED) is 0.842. The minimum atomic E-state index is 0.177. The zero-order valence-corrected chi connectivity index (χ0v) is 15.2. The highest BCUT2D eigenvalue weighted by Crippen LogP contribution is 2.49. The molecule has 4 saturated carbocycles. The van der Waals surface area contributed by atoms with Crippen molar-refractivity contribution in [2.75, 3.05) is 10.6 Å². The van der Waals surface area contributed by atoms with Crippen molar-refractivity contribution in [1.29, 1.82) is 0 Å². The molecule has 0 unspecified atom stereocenters. The van der Waals surface area contributed by atoms with E-state index < -0.39 is 0 Å². The van der Waals surface area contributed by atoms with E-state index in [1.807, 2.05) is 24.3 Å². The van der Waals surface area contributed by atoms with Crippen LogP contribution in [0.25, 0.3) is 0 Å². The first-order valence-electron chi connectivity index (χ1n) is 10.4. The van der Waals surface area contributed by atoms with Crippen LogP contribution in [-0.2, 0) is 9.59 Å². The molecule has 1 aromatic carbocycles. The van der Waals surface area contributed by atoms with Crippen LogP contribution in [0.5, 0.6) is 0 Å². The summed E-state index contributed by atoms with van der Waals surface area (Å²) < 4.78 is 0. The van der Waals surface area contributed by atoms with Crippen LogP contribution in [0.2, 0.25) is 0 Å².